The van der Waals surface area contributed by atoms with Gasteiger partial charge in [0, 0.05) is 19.5 Å². The molecule has 7 nitrogen and oxygen atoms in total. The Morgan fingerprint density at radius 3 is 2.84 bits per heavy atom. The van der Waals surface area contributed by atoms with E-state index >= 15 is 0 Å². The van der Waals surface area contributed by atoms with Crippen LogP contribution in [0.1, 0.15) is 55.2 Å². The average molecular weight is 534 g/mol. The van der Waals surface area contributed by atoms with Crippen LogP contribution >= 0.6 is 24.0 Å². The van der Waals surface area contributed by atoms with Gasteiger partial charge >= 0.3 is 0 Å². The third-order valence-corrected chi connectivity index (χ3v) is 5.46. The Morgan fingerprint density at radius 1 is 1.23 bits per heavy atom. The van der Waals surface area contributed by atoms with Crippen LogP contribution < -0.4 is 10.6 Å². The number of rotatable bonds is 7. The number of fused-ring (bicyclic) bond motifs is 1. The lowest BCUT2D eigenvalue weighted by Crippen LogP contribution is -2.39. The average Bonchev–Trinajstić information content (AvgIpc) is 3.45. The van der Waals surface area contributed by atoms with Crippen LogP contribution in [0.3, 0.4) is 0 Å². The normalized spacial score (nSPS) is 14.5. The van der Waals surface area contributed by atoms with Crippen LogP contribution in [0, 0.1) is 0 Å². The van der Waals surface area contributed by atoms with Crippen molar-refractivity contribution < 1.29 is 4.42 Å². The highest BCUT2D eigenvalue weighted by Gasteiger charge is 2.13. The van der Waals surface area contributed by atoms with E-state index in [1.54, 1.807) is 6.26 Å². The molecule has 0 saturated heterocycles. The van der Waals surface area contributed by atoms with E-state index in [4.69, 9.17) is 9.41 Å². The van der Waals surface area contributed by atoms with E-state index in [0.717, 1.165) is 18.3 Å². The Hall–Kier alpha value is -2.36. The predicted octanol–water partition coefficient (Wildman–Crippen LogP) is 4.42. The van der Waals surface area contributed by atoms with Gasteiger partial charge in [-0.2, -0.15) is 5.10 Å². The van der Waals surface area contributed by atoms with Crippen LogP contribution in [-0.4, -0.2) is 34.2 Å². The molecule has 3 aromatic rings. The molecule has 0 spiro atoms. The maximum absolute atomic E-state index is 5.34. The van der Waals surface area contributed by atoms with Crippen molar-refractivity contribution in [2.75, 3.05) is 13.1 Å². The highest BCUT2D eigenvalue weighted by molar-refractivity contribution is 14.0. The van der Waals surface area contributed by atoms with Gasteiger partial charge in [-0.1, -0.05) is 18.2 Å². The highest BCUT2D eigenvalue weighted by Crippen LogP contribution is 2.24. The van der Waals surface area contributed by atoms with Crippen molar-refractivity contribution in [1.82, 2.24) is 25.8 Å². The van der Waals surface area contributed by atoms with Crippen molar-refractivity contribution in [2.24, 2.45) is 4.99 Å². The predicted molar refractivity (Wildman–Crippen MR) is 134 cm³/mol. The van der Waals surface area contributed by atoms with Crippen LogP contribution in [0.4, 0.5) is 0 Å². The number of aliphatic imine (C=N–C) groups is 1. The summed E-state index contributed by atoms with van der Waals surface area (Å²) in [5.41, 5.74) is 4.32. The number of guanidine groups is 1. The van der Waals surface area contributed by atoms with Crippen LogP contribution in [0.2, 0.25) is 0 Å². The van der Waals surface area contributed by atoms with E-state index in [1.807, 2.05) is 12.1 Å². The molecule has 0 aliphatic heterocycles. The summed E-state index contributed by atoms with van der Waals surface area (Å²) in [5.74, 6) is 2.84. The maximum atomic E-state index is 5.34. The lowest BCUT2D eigenvalue weighted by atomic mass is 9.89. The second-order valence-corrected chi connectivity index (χ2v) is 7.69. The molecule has 3 N–H and O–H groups in total. The van der Waals surface area contributed by atoms with Gasteiger partial charge in [0.05, 0.1) is 12.3 Å². The monoisotopic (exact) mass is 534 g/mol. The molecule has 0 radical (unpaired) electrons. The first-order valence-corrected chi connectivity index (χ1v) is 10.8. The van der Waals surface area contributed by atoms with Gasteiger partial charge in [0.2, 0.25) is 5.82 Å². The highest BCUT2D eigenvalue weighted by atomic mass is 127. The number of hydrogen-bond donors (Lipinski definition) is 3. The summed E-state index contributed by atoms with van der Waals surface area (Å²) in [6.45, 7) is 5.68. The van der Waals surface area contributed by atoms with E-state index in [1.165, 1.54) is 42.4 Å². The van der Waals surface area contributed by atoms with Crippen molar-refractivity contribution in [3.63, 3.8) is 0 Å². The second kappa shape index (κ2) is 11.3. The number of nitrogens with one attached hydrogen (secondary N) is 3. The van der Waals surface area contributed by atoms with Gasteiger partial charge in [0.1, 0.15) is 5.82 Å². The minimum Gasteiger partial charge on any atom is -0.461 e. The van der Waals surface area contributed by atoms with E-state index in [2.05, 4.69) is 57.9 Å². The lowest BCUT2D eigenvalue weighted by Gasteiger charge is -2.21. The zero-order valence-corrected chi connectivity index (χ0v) is 20.5. The molecule has 0 saturated carbocycles. The number of aromatic amines is 1. The molecule has 2 heterocycles. The molecule has 166 valence electrons. The van der Waals surface area contributed by atoms with Crippen LogP contribution in [0.5, 0.6) is 0 Å². The molecule has 1 aliphatic carbocycles. The quantitative estimate of drug-likeness (QED) is 0.237. The van der Waals surface area contributed by atoms with Gasteiger partial charge in [-0.15, -0.1) is 24.0 Å². The van der Waals surface area contributed by atoms with E-state index < -0.39 is 0 Å². The van der Waals surface area contributed by atoms with Crippen molar-refractivity contribution in [3.8, 4) is 11.6 Å². The smallest absolute Gasteiger partial charge is 0.216 e. The topological polar surface area (TPSA) is 91.1 Å². The van der Waals surface area contributed by atoms with Gasteiger partial charge in [0.25, 0.3) is 0 Å². The molecule has 0 bridgehead atoms. The fraction of sp³-hybridized carbons (Fsp3) is 0.435. The van der Waals surface area contributed by atoms with Crippen LogP contribution in [0.25, 0.3) is 11.6 Å². The summed E-state index contributed by atoms with van der Waals surface area (Å²) >= 11 is 0. The number of hydrogen-bond acceptors (Lipinski definition) is 4. The fourth-order valence-electron chi connectivity index (χ4n) is 3.83. The van der Waals surface area contributed by atoms with Gasteiger partial charge in [-0.3, -0.25) is 10.1 Å². The molecule has 8 heteroatoms. The Bertz CT molecular complexity index is 982. The summed E-state index contributed by atoms with van der Waals surface area (Å²) in [7, 11) is 0. The zero-order chi connectivity index (χ0) is 20.8. The molecule has 1 atom stereocenters. The van der Waals surface area contributed by atoms with Crippen molar-refractivity contribution >= 4 is 29.9 Å². The number of H-pyrrole nitrogens is 1. The number of aromatic nitrogens is 3. The number of benzene rings is 1. The summed E-state index contributed by atoms with van der Waals surface area (Å²) in [5, 5.41) is 14.0. The summed E-state index contributed by atoms with van der Waals surface area (Å²) in [6, 6.07) is 10.8. The molecule has 31 heavy (non-hydrogen) atoms. The second-order valence-electron chi connectivity index (χ2n) is 7.69. The fourth-order valence-corrected chi connectivity index (χ4v) is 3.83. The first-order valence-electron chi connectivity index (χ1n) is 10.8. The molecule has 0 fully saturated rings. The van der Waals surface area contributed by atoms with Crippen LogP contribution in [-0.2, 0) is 19.3 Å². The zero-order valence-electron chi connectivity index (χ0n) is 18.1. The van der Waals surface area contributed by atoms with E-state index in [0.29, 0.717) is 24.6 Å². The lowest BCUT2D eigenvalue weighted by molar-refractivity contribution is 0.577. The number of halogens is 1. The standard InChI is InChI=1S/C23H30N6O.HI/c1-3-24-23(25-13-12-21-27-22(29-28-21)20-9-6-14-30-20)26-16(2)18-11-10-17-7-4-5-8-19(17)15-18;/h6,9-11,14-16H,3-5,7-8,12-13H2,1-2H3,(H2,24,25,26)(H,27,28,29);1H. The first-order chi connectivity index (χ1) is 14.7. The van der Waals surface area contributed by atoms with Crippen molar-refractivity contribution in [1.29, 1.82) is 0 Å². The largest absolute Gasteiger partial charge is 0.461 e. The Morgan fingerprint density at radius 2 is 2.06 bits per heavy atom. The first kappa shape index (κ1) is 23.3. The summed E-state index contributed by atoms with van der Waals surface area (Å²) in [6.07, 6.45) is 7.31. The van der Waals surface area contributed by atoms with Crippen molar-refractivity contribution in [2.45, 2.75) is 52.0 Å². The van der Waals surface area contributed by atoms with E-state index in [-0.39, 0.29) is 30.0 Å². The van der Waals surface area contributed by atoms with Gasteiger partial charge in [-0.25, -0.2) is 4.98 Å². The molecule has 4 rings (SSSR count). The van der Waals surface area contributed by atoms with E-state index in [9.17, 15) is 0 Å². The molecule has 2 aromatic heterocycles. The maximum Gasteiger partial charge on any atom is 0.216 e. The van der Waals surface area contributed by atoms with Crippen LogP contribution in [0.15, 0.2) is 46.0 Å². The molecular formula is C23H31IN6O. The van der Waals surface area contributed by atoms with Crippen molar-refractivity contribution in [3.05, 3.63) is 59.1 Å². The van der Waals surface area contributed by atoms with Gasteiger partial charge in [-0.05, 0) is 68.4 Å². The Labute approximate surface area is 200 Å². The Balaban J connectivity index is 0.00000272. The minimum atomic E-state index is 0. The molecule has 0 amide bonds. The SMILES string of the molecule is CCNC(=NCCc1nc(-c2ccco2)n[nH]1)NC(C)c1ccc2c(c1)CCCC2.I. The molecule has 1 unspecified atom stereocenters. The van der Waals surface area contributed by atoms with Gasteiger partial charge < -0.3 is 15.1 Å². The molecule has 1 aliphatic rings. The summed E-state index contributed by atoms with van der Waals surface area (Å²) < 4.78 is 5.34. The molecule has 1 aromatic carbocycles. The molecular weight excluding hydrogens is 503 g/mol. The van der Waals surface area contributed by atoms with Gasteiger partial charge in [0.15, 0.2) is 11.7 Å². The third kappa shape index (κ3) is 6.09. The Kier molecular flexibility index (Phi) is 8.51. The minimum absolute atomic E-state index is 0. The third-order valence-electron chi connectivity index (χ3n) is 5.46. The summed E-state index contributed by atoms with van der Waals surface area (Å²) in [4.78, 5) is 9.19. The number of furan rings is 1. The number of nitrogens with zero attached hydrogens (tertiary/aromatic N) is 3. The number of aryl methyl sites for hydroxylation is 2.